The summed E-state index contributed by atoms with van der Waals surface area (Å²) in [5.74, 6) is -1.41. The number of carbonyl (C=O) groups is 3. The minimum Gasteiger partial charge on any atom is -0.585 e. The third-order valence-corrected chi connectivity index (χ3v) is 3.16. The average molecular weight is 306 g/mol. The Morgan fingerprint density at radius 1 is 1.32 bits per heavy atom. The van der Waals surface area contributed by atoms with Crippen molar-refractivity contribution in [2.75, 3.05) is 5.32 Å². The first kappa shape index (κ1) is 16.8. The van der Waals surface area contributed by atoms with Crippen molar-refractivity contribution in [1.29, 1.82) is 0 Å². The van der Waals surface area contributed by atoms with E-state index < -0.39 is 28.1 Å². The molecule has 0 aromatic heterocycles. The molecule has 1 fully saturated rings. The molecule has 1 aromatic rings. The molecule has 3 amide bonds. The zero-order valence-corrected chi connectivity index (χ0v) is 14.0. The van der Waals surface area contributed by atoms with Crippen LogP contribution in [0.1, 0.15) is 6.42 Å². The van der Waals surface area contributed by atoms with Crippen LogP contribution in [-0.4, -0.2) is 22.3 Å². The minimum absolute atomic E-state index is 0. The van der Waals surface area contributed by atoms with E-state index in [9.17, 15) is 18.8 Å². The summed E-state index contributed by atoms with van der Waals surface area (Å²) in [5, 5.41) is 4.38. The first-order valence-corrected chi connectivity index (χ1v) is 5.94. The van der Waals surface area contributed by atoms with Crippen LogP contribution in [0.25, 0.3) is 5.32 Å². The van der Waals surface area contributed by atoms with Gasteiger partial charge in [-0.2, -0.15) is 0 Å². The summed E-state index contributed by atoms with van der Waals surface area (Å²) in [6.07, 6.45) is -0.129. The molecule has 0 aliphatic carbocycles. The summed E-state index contributed by atoms with van der Waals surface area (Å²) in [6.45, 7) is 0. The van der Waals surface area contributed by atoms with Crippen molar-refractivity contribution in [2.45, 2.75) is 11.7 Å². The maximum Gasteiger partial charge on any atom is 1.00 e. The van der Waals surface area contributed by atoms with Crippen molar-refractivity contribution in [3.63, 3.8) is 0 Å². The number of amides is 3. The van der Waals surface area contributed by atoms with Gasteiger partial charge in [0.05, 0.1) is 11.2 Å². The van der Waals surface area contributed by atoms with Crippen LogP contribution in [0.4, 0.5) is 14.9 Å². The van der Waals surface area contributed by atoms with Crippen LogP contribution in [0.2, 0.25) is 0 Å². The largest absolute Gasteiger partial charge is 1.00 e. The van der Waals surface area contributed by atoms with E-state index in [1.807, 2.05) is 0 Å². The maximum absolute atomic E-state index is 12.6. The zero-order valence-electron chi connectivity index (χ0n) is 10.1. The molecular formula is C11H8FKN2O3S. The molecule has 1 aliphatic rings. The summed E-state index contributed by atoms with van der Waals surface area (Å²) in [5.41, 5.74) is 0.431. The molecule has 0 saturated carbocycles. The predicted molar refractivity (Wildman–Crippen MR) is 64.8 cm³/mol. The van der Waals surface area contributed by atoms with Crippen LogP contribution in [-0.2, 0) is 9.59 Å². The Morgan fingerprint density at radius 2 is 1.95 bits per heavy atom. The number of nitrogens with one attached hydrogen (secondary N) is 1. The number of hydrogen-bond acceptors (Lipinski definition) is 4. The molecule has 1 saturated heterocycles. The van der Waals surface area contributed by atoms with E-state index in [0.717, 1.165) is 11.8 Å². The topological polar surface area (TPSA) is 77.3 Å². The molecule has 8 heteroatoms. The standard InChI is InChI=1S/C11H9FN2O3S.K/c12-6-1-3-7(4-2-6)13-9(15)5-8-10(16)14-11(17)18-8;/h1-4,8H,5H2,(H2,13,14,15,16,17);/q;+1/p-1. The van der Waals surface area contributed by atoms with Gasteiger partial charge in [0.1, 0.15) is 11.1 Å². The molecule has 19 heavy (non-hydrogen) atoms. The number of carbonyl (C=O) groups excluding carboxylic acids is 3. The van der Waals surface area contributed by atoms with E-state index in [2.05, 4.69) is 10.6 Å². The molecule has 0 bridgehead atoms. The first-order chi connectivity index (χ1) is 8.54. The Morgan fingerprint density at radius 3 is 2.47 bits per heavy atom. The van der Waals surface area contributed by atoms with E-state index in [-0.39, 0.29) is 57.8 Å². The van der Waals surface area contributed by atoms with Crippen molar-refractivity contribution in [3.8, 4) is 0 Å². The summed E-state index contributed by atoms with van der Waals surface area (Å²) in [7, 11) is 0. The van der Waals surface area contributed by atoms with Crippen molar-refractivity contribution >= 4 is 34.5 Å². The van der Waals surface area contributed by atoms with Crippen LogP contribution in [0, 0.1) is 5.82 Å². The van der Waals surface area contributed by atoms with Gasteiger partial charge in [-0.25, -0.2) is 4.39 Å². The summed E-state index contributed by atoms with van der Waals surface area (Å²) in [4.78, 5) is 33.6. The van der Waals surface area contributed by atoms with Gasteiger partial charge in [0.15, 0.2) is 0 Å². The monoisotopic (exact) mass is 306 g/mol. The van der Waals surface area contributed by atoms with Crippen LogP contribution in [0.15, 0.2) is 24.3 Å². The molecule has 0 spiro atoms. The van der Waals surface area contributed by atoms with Crippen LogP contribution in [0.3, 0.4) is 0 Å². The molecule has 94 valence electrons. The molecule has 1 atom stereocenters. The fourth-order valence-corrected chi connectivity index (χ4v) is 2.18. The SMILES string of the molecule is O=C(CC1SC(=O)[N-]C1=O)Nc1ccc(F)cc1.[K+]. The number of benzene rings is 1. The number of halogens is 1. The van der Waals surface area contributed by atoms with E-state index in [1.165, 1.54) is 24.3 Å². The van der Waals surface area contributed by atoms with Crippen molar-refractivity contribution in [3.05, 3.63) is 35.4 Å². The second-order valence-electron chi connectivity index (χ2n) is 3.58. The molecule has 0 radical (unpaired) electrons. The van der Waals surface area contributed by atoms with Crippen molar-refractivity contribution in [1.82, 2.24) is 0 Å². The van der Waals surface area contributed by atoms with Gasteiger partial charge < -0.3 is 20.2 Å². The normalized spacial score (nSPS) is 17.6. The molecule has 2 rings (SSSR count). The molecular weight excluding hydrogens is 298 g/mol. The Hall–Kier alpha value is -0.254. The Bertz CT molecular complexity index is 509. The fraction of sp³-hybridized carbons (Fsp3) is 0.182. The van der Waals surface area contributed by atoms with E-state index >= 15 is 0 Å². The molecule has 1 aromatic carbocycles. The molecule has 5 nitrogen and oxygen atoms in total. The van der Waals surface area contributed by atoms with Crippen molar-refractivity contribution in [2.24, 2.45) is 0 Å². The van der Waals surface area contributed by atoms with Gasteiger partial charge in [0, 0.05) is 12.1 Å². The molecule has 1 N–H and O–H groups in total. The Balaban J connectivity index is 0.00000180. The van der Waals surface area contributed by atoms with Gasteiger partial charge in [0.2, 0.25) is 5.91 Å². The summed E-state index contributed by atoms with van der Waals surface area (Å²) in [6, 6.07) is 5.24. The van der Waals surface area contributed by atoms with E-state index in [1.54, 1.807) is 0 Å². The number of hydrogen-bond donors (Lipinski definition) is 1. The third-order valence-electron chi connectivity index (χ3n) is 2.22. The van der Waals surface area contributed by atoms with Gasteiger partial charge in [-0.1, -0.05) is 11.8 Å². The molecule has 1 unspecified atom stereocenters. The average Bonchev–Trinajstić information content (AvgIpc) is 2.61. The number of rotatable bonds is 3. The fourth-order valence-electron chi connectivity index (χ4n) is 1.40. The van der Waals surface area contributed by atoms with Crippen LogP contribution < -0.4 is 56.7 Å². The maximum atomic E-state index is 12.6. The number of nitrogens with zero attached hydrogens (tertiary/aromatic N) is 1. The second kappa shape index (κ2) is 7.51. The van der Waals surface area contributed by atoms with E-state index in [4.69, 9.17) is 0 Å². The molecule has 1 heterocycles. The zero-order chi connectivity index (χ0) is 13.1. The van der Waals surface area contributed by atoms with Crippen LogP contribution >= 0.6 is 11.8 Å². The second-order valence-corrected chi connectivity index (χ2v) is 4.74. The predicted octanol–water partition coefficient (Wildman–Crippen LogP) is -0.706. The summed E-state index contributed by atoms with van der Waals surface area (Å²) >= 11 is 0.739. The summed E-state index contributed by atoms with van der Waals surface area (Å²) < 4.78 is 12.6. The smallest absolute Gasteiger partial charge is 0.585 e. The van der Waals surface area contributed by atoms with Crippen LogP contribution in [0.5, 0.6) is 0 Å². The van der Waals surface area contributed by atoms with Gasteiger partial charge in [-0.05, 0) is 24.3 Å². The van der Waals surface area contributed by atoms with Gasteiger partial charge in [-0.15, -0.1) is 0 Å². The number of anilines is 1. The minimum atomic E-state index is -0.752. The quantitative estimate of drug-likeness (QED) is 0.749. The van der Waals surface area contributed by atoms with Gasteiger partial charge in [-0.3, -0.25) is 4.79 Å². The first-order valence-electron chi connectivity index (χ1n) is 5.06. The Kier molecular flexibility index (Phi) is 6.64. The Labute approximate surface area is 155 Å². The van der Waals surface area contributed by atoms with Gasteiger partial charge >= 0.3 is 51.4 Å². The number of thioether (sulfide) groups is 1. The molecule has 1 aliphatic heterocycles. The van der Waals surface area contributed by atoms with Crippen molar-refractivity contribution < 1.29 is 70.2 Å². The van der Waals surface area contributed by atoms with E-state index in [0.29, 0.717) is 5.69 Å². The number of imide groups is 1. The van der Waals surface area contributed by atoms with Gasteiger partial charge in [0.25, 0.3) is 0 Å². The third kappa shape index (κ3) is 4.97.